The molecule has 2 heterocycles. The van der Waals surface area contributed by atoms with Crippen molar-refractivity contribution in [1.29, 1.82) is 0 Å². The highest BCUT2D eigenvalue weighted by Crippen LogP contribution is 2.33. The van der Waals surface area contributed by atoms with Crippen LogP contribution in [0.5, 0.6) is 0 Å². The predicted octanol–water partition coefficient (Wildman–Crippen LogP) is 4.18. The van der Waals surface area contributed by atoms with Gasteiger partial charge in [0.1, 0.15) is 11.6 Å². The summed E-state index contributed by atoms with van der Waals surface area (Å²) in [5, 5.41) is 6.06. The number of guanidine groups is 1. The third kappa shape index (κ3) is 5.28. The number of rotatable bonds is 7. The van der Waals surface area contributed by atoms with Crippen molar-refractivity contribution >= 4 is 12.0 Å². The highest BCUT2D eigenvalue weighted by Gasteiger charge is 2.37. The maximum atomic E-state index is 14.3. The number of carbonyl (C=O) groups excluding carboxylic acids is 1. The van der Waals surface area contributed by atoms with Crippen molar-refractivity contribution in [2.45, 2.75) is 20.8 Å². The number of amides is 2. The van der Waals surface area contributed by atoms with Crippen molar-refractivity contribution < 1.29 is 9.18 Å². The molecule has 2 amide bonds. The number of nitrogens with zero attached hydrogens (tertiary/aromatic N) is 3. The molecule has 0 radical (unpaired) electrons. The number of aliphatic imine (C=N–C) groups is 1. The Kier molecular flexibility index (Phi) is 7.73. The van der Waals surface area contributed by atoms with Crippen molar-refractivity contribution in [1.82, 2.24) is 20.4 Å². The molecule has 3 aliphatic rings. The highest BCUT2D eigenvalue weighted by atomic mass is 19.1. The minimum absolute atomic E-state index is 0.0788. The van der Waals surface area contributed by atoms with E-state index in [1.807, 2.05) is 37.8 Å². The van der Waals surface area contributed by atoms with E-state index in [2.05, 4.69) is 35.4 Å². The summed E-state index contributed by atoms with van der Waals surface area (Å²) in [5.41, 5.74) is 9.47. The molecule has 0 aromatic rings. The third-order valence-electron chi connectivity index (χ3n) is 5.97. The SMILES string of the molecule is C=C/C(=C\C(=C)C)N=C1NC(=O)N(C2=CNCC(C)=C2)C(=C)N1CC1C=CC(F)=C(CN)C1C. The fourth-order valence-corrected chi connectivity index (χ4v) is 4.10. The molecule has 0 saturated carbocycles. The van der Waals surface area contributed by atoms with Crippen molar-refractivity contribution in [3.63, 3.8) is 0 Å². The van der Waals surface area contributed by atoms with E-state index in [0.29, 0.717) is 41.8 Å². The van der Waals surface area contributed by atoms with Crippen LogP contribution in [0.3, 0.4) is 0 Å². The zero-order valence-corrected chi connectivity index (χ0v) is 20.1. The maximum absolute atomic E-state index is 14.3. The fraction of sp³-hybridized carbons (Fsp3) is 0.308. The van der Waals surface area contributed by atoms with Crippen LogP contribution in [-0.4, -0.2) is 41.4 Å². The molecule has 0 aromatic heterocycles. The second-order valence-corrected chi connectivity index (χ2v) is 8.68. The first-order valence-corrected chi connectivity index (χ1v) is 11.2. The summed E-state index contributed by atoms with van der Waals surface area (Å²) >= 11 is 0. The highest BCUT2D eigenvalue weighted by molar-refractivity contribution is 6.01. The van der Waals surface area contributed by atoms with Crippen molar-refractivity contribution in [3.8, 4) is 0 Å². The van der Waals surface area contributed by atoms with Gasteiger partial charge in [0.15, 0.2) is 0 Å². The Balaban J connectivity index is 2.01. The smallest absolute Gasteiger partial charge is 0.334 e. The Bertz CT molecular complexity index is 1090. The van der Waals surface area contributed by atoms with E-state index in [0.717, 1.165) is 11.1 Å². The van der Waals surface area contributed by atoms with E-state index >= 15 is 0 Å². The van der Waals surface area contributed by atoms with Gasteiger partial charge in [-0.15, -0.1) is 0 Å². The van der Waals surface area contributed by atoms with Crippen molar-refractivity contribution in [3.05, 3.63) is 96.1 Å². The standard InChI is InChI=1S/C26H33FN6O/c1-7-21(10-16(2)3)30-25-31-26(34)33(22-11-17(4)13-29-14-22)19(6)32(25)15-20-8-9-24(27)23(12-28)18(20)5/h7-11,14,18,20,29H,1-2,6,12-13,15,28H2,3-5H3,(H,30,31,34)/b21-10+. The normalized spacial score (nSPS) is 24.6. The lowest BCUT2D eigenvalue weighted by atomic mass is 9.82. The second-order valence-electron chi connectivity index (χ2n) is 8.68. The van der Waals surface area contributed by atoms with Crippen LogP contribution >= 0.6 is 0 Å². The molecular formula is C26H33FN6O. The Morgan fingerprint density at radius 3 is 2.79 bits per heavy atom. The van der Waals surface area contributed by atoms with Crippen molar-refractivity contribution in [2.24, 2.45) is 22.6 Å². The molecule has 2 atom stereocenters. The quantitative estimate of drug-likeness (QED) is 0.494. The average molecular weight is 465 g/mol. The summed E-state index contributed by atoms with van der Waals surface area (Å²) in [4.78, 5) is 21.1. The Morgan fingerprint density at radius 1 is 1.44 bits per heavy atom. The van der Waals surface area contributed by atoms with E-state index < -0.39 is 0 Å². The van der Waals surface area contributed by atoms with Crippen LogP contribution in [0, 0.1) is 11.8 Å². The van der Waals surface area contributed by atoms with Gasteiger partial charge in [0.25, 0.3) is 0 Å². The number of hydrogen-bond donors (Lipinski definition) is 3. The number of nitrogens with one attached hydrogen (secondary N) is 2. The summed E-state index contributed by atoms with van der Waals surface area (Å²) in [7, 11) is 0. The van der Waals surface area contributed by atoms with E-state index in [-0.39, 0.29) is 30.2 Å². The molecule has 3 rings (SSSR count). The number of nitrogens with two attached hydrogens (primary N) is 1. The van der Waals surface area contributed by atoms with Gasteiger partial charge in [0.05, 0.1) is 11.4 Å². The topological polar surface area (TPSA) is 86.0 Å². The van der Waals surface area contributed by atoms with E-state index in [1.165, 1.54) is 11.0 Å². The van der Waals surface area contributed by atoms with Crippen LogP contribution in [0.2, 0.25) is 0 Å². The van der Waals surface area contributed by atoms with Crippen LogP contribution in [0.4, 0.5) is 9.18 Å². The minimum Gasteiger partial charge on any atom is -0.385 e. The molecule has 34 heavy (non-hydrogen) atoms. The molecule has 0 bridgehead atoms. The summed E-state index contributed by atoms with van der Waals surface area (Å²) in [6.45, 7) is 19.0. The number of hydrogen-bond acceptors (Lipinski definition) is 4. The summed E-state index contributed by atoms with van der Waals surface area (Å²) in [6, 6.07) is -0.376. The number of dihydropyridines is 1. The molecule has 0 aromatic carbocycles. The van der Waals surface area contributed by atoms with Crippen LogP contribution in [0.25, 0.3) is 0 Å². The van der Waals surface area contributed by atoms with E-state index in [1.54, 1.807) is 18.4 Å². The molecule has 1 aliphatic carbocycles. The maximum Gasteiger partial charge on any atom is 0.334 e. The average Bonchev–Trinajstić information content (AvgIpc) is 2.77. The first-order chi connectivity index (χ1) is 16.2. The summed E-state index contributed by atoms with van der Waals surface area (Å²) in [5.74, 6) is 0.256. The lowest BCUT2D eigenvalue weighted by molar-refractivity contribution is 0.202. The van der Waals surface area contributed by atoms with Crippen LogP contribution in [0.15, 0.2) is 101 Å². The second kappa shape index (κ2) is 10.5. The predicted molar refractivity (Wildman–Crippen MR) is 136 cm³/mol. The molecular weight excluding hydrogens is 431 g/mol. The number of carbonyl (C=O) groups is 1. The summed E-state index contributed by atoms with van der Waals surface area (Å²) in [6.07, 6.45) is 10.4. The largest absolute Gasteiger partial charge is 0.385 e. The molecule has 0 spiro atoms. The molecule has 8 heteroatoms. The molecule has 180 valence electrons. The minimum atomic E-state index is -0.376. The van der Waals surface area contributed by atoms with Crippen LogP contribution in [0.1, 0.15) is 20.8 Å². The van der Waals surface area contributed by atoms with Gasteiger partial charge in [-0.2, -0.15) is 0 Å². The molecule has 1 fully saturated rings. The van der Waals surface area contributed by atoms with Crippen LogP contribution in [-0.2, 0) is 0 Å². The van der Waals surface area contributed by atoms with Gasteiger partial charge < -0.3 is 11.1 Å². The monoisotopic (exact) mass is 464 g/mol. The molecule has 1 saturated heterocycles. The lowest BCUT2D eigenvalue weighted by Crippen LogP contribution is -2.58. The zero-order valence-electron chi connectivity index (χ0n) is 20.1. The van der Waals surface area contributed by atoms with Crippen molar-refractivity contribution in [2.75, 3.05) is 19.6 Å². The Hall–Kier alpha value is -3.65. The van der Waals surface area contributed by atoms with Gasteiger partial charge in [0, 0.05) is 31.8 Å². The van der Waals surface area contributed by atoms with E-state index in [4.69, 9.17) is 5.73 Å². The van der Waals surface area contributed by atoms with Gasteiger partial charge in [-0.3, -0.25) is 10.2 Å². The number of allylic oxidation sites excluding steroid dienone is 6. The van der Waals surface area contributed by atoms with Gasteiger partial charge in [-0.1, -0.05) is 43.9 Å². The third-order valence-corrected chi connectivity index (χ3v) is 5.97. The van der Waals surface area contributed by atoms with E-state index in [9.17, 15) is 9.18 Å². The molecule has 2 aliphatic heterocycles. The molecule has 4 N–H and O–H groups in total. The fourth-order valence-electron chi connectivity index (χ4n) is 4.10. The first-order valence-electron chi connectivity index (χ1n) is 11.2. The van der Waals surface area contributed by atoms with Gasteiger partial charge in [-0.05, 0) is 49.6 Å². The number of halogens is 1. The summed E-state index contributed by atoms with van der Waals surface area (Å²) < 4.78 is 14.3. The van der Waals surface area contributed by atoms with Gasteiger partial charge in [0.2, 0.25) is 5.96 Å². The zero-order chi connectivity index (χ0) is 25.0. The lowest BCUT2D eigenvalue weighted by Gasteiger charge is -2.42. The number of urea groups is 1. The Labute approximate surface area is 201 Å². The van der Waals surface area contributed by atoms with Gasteiger partial charge in [-0.25, -0.2) is 19.1 Å². The molecule has 7 nitrogen and oxygen atoms in total. The molecule has 2 unspecified atom stereocenters. The Morgan fingerprint density at radius 2 is 2.18 bits per heavy atom. The van der Waals surface area contributed by atoms with Crippen LogP contribution < -0.4 is 16.4 Å². The first kappa shape index (κ1) is 25.0. The van der Waals surface area contributed by atoms with Gasteiger partial charge >= 0.3 is 6.03 Å².